The number of nitrogens with zero attached hydrogens (tertiary/aromatic N) is 3. The fourth-order valence-corrected chi connectivity index (χ4v) is 2.33. The van der Waals surface area contributed by atoms with Gasteiger partial charge in [0, 0.05) is 31.3 Å². The van der Waals surface area contributed by atoms with Crippen LogP contribution < -0.4 is 10.2 Å². The monoisotopic (exact) mass is 268 g/mol. The Bertz CT molecular complexity index is 578. The van der Waals surface area contributed by atoms with E-state index in [0.29, 0.717) is 5.92 Å². The van der Waals surface area contributed by atoms with Gasteiger partial charge in [-0.2, -0.15) is 0 Å². The molecule has 1 aliphatic carbocycles. The Hall–Kier alpha value is -2.10. The number of nitrogens with one attached hydrogen (secondary N) is 1. The topological polar surface area (TPSA) is 41.0 Å². The molecule has 0 amide bonds. The summed E-state index contributed by atoms with van der Waals surface area (Å²) in [5, 5.41) is 3.14. The van der Waals surface area contributed by atoms with Crippen LogP contribution in [0.1, 0.15) is 31.5 Å². The lowest BCUT2D eigenvalue weighted by Crippen LogP contribution is -2.18. The Morgan fingerprint density at radius 3 is 2.55 bits per heavy atom. The number of aromatic nitrogens is 2. The average molecular weight is 268 g/mol. The predicted octanol–water partition coefficient (Wildman–Crippen LogP) is 3.55. The fourth-order valence-electron chi connectivity index (χ4n) is 2.33. The Morgan fingerprint density at radius 1 is 1.20 bits per heavy atom. The lowest BCUT2D eigenvalue weighted by atomic mass is 10.2. The maximum Gasteiger partial charge on any atom is 0.138 e. The van der Waals surface area contributed by atoms with E-state index in [1.807, 2.05) is 19.2 Å². The highest BCUT2D eigenvalue weighted by Crippen LogP contribution is 2.39. The third-order valence-electron chi connectivity index (χ3n) is 3.59. The second-order valence-corrected chi connectivity index (χ2v) is 5.07. The van der Waals surface area contributed by atoms with Crippen molar-refractivity contribution in [1.82, 2.24) is 9.97 Å². The summed E-state index contributed by atoms with van der Waals surface area (Å²) >= 11 is 0. The van der Waals surface area contributed by atoms with E-state index in [2.05, 4.69) is 46.4 Å². The van der Waals surface area contributed by atoms with Gasteiger partial charge in [-0.1, -0.05) is 18.2 Å². The highest BCUT2D eigenvalue weighted by molar-refractivity contribution is 5.62. The van der Waals surface area contributed by atoms with E-state index in [4.69, 9.17) is 4.98 Å². The molecule has 0 unspecified atom stereocenters. The molecule has 1 saturated carbocycles. The molecule has 4 nitrogen and oxygen atoms in total. The molecule has 1 N–H and O–H groups in total. The number of hydrogen-bond acceptors (Lipinski definition) is 4. The molecule has 1 aromatic heterocycles. The zero-order chi connectivity index (χ0) is 13.9. The highest BCUT2D eigenvalue weighted by atomic mass is 15.2. The van der Waals surface area contributed by atoms with E-state index in [-0.39, 0.29) is 0 Å². The second kappa shape index (κ2) is 5.49. The summed E-state index contributed by atoms with van der Waals surface area (Å²) < 4.78 is 0. The molecule has 104 valence electrons. The van der Waals surface area contributed by atoms with Crippen LogP contribution in [-0.4, -0.2) is 23.6 Å². The van der Waals surface area contributed by atoms with Crippen LogP contribution in [0.15, 0.2) is 36.4 Å². The molecular formula is C16H20N4. The minimum Gasteiger partial charge on any atom is -0.373 e. The van der Waals surface area contributed by atoms with Gasteiger partial charge in [0.25, 0.3) is 0 Å². The first-order valence-corrected chi connectivity index (χ1v) is 7.21. The van der Waals surface area contributed by atoms with Crippen LogP contribution in [0.3, 0.4) is 0 Å². The first-order chi connectivity index (χ1) is 9.81. The zero-order valence-electron chi connectivity index (χ0n) is 12.0. The number of benzene rings is 1. The Labute approximate surface area is 119 Å². The van der Waals surface area contributed by atoms with Crippen molar-refractivity contribution in [2.75, 3.05) is 23.8 Å². The lowest BCUT2D eigenvalue weighted by molar-refractivity contribution is 0.896. The molecule has 4 heteroatoms. The minimum absolute atomic E-state index is 0.552. The summed E-state index contributed by atoms with van der Waals surface area (Å²) in [6.45, 7) is 3.03. The summed E-state index contributed by atoms with van der Waals surface area (Å²) in [6, 6.07) is 12.4. The average Bonchev–Trinajstić information content (AvgIpc) is 3.33. The number of rotatable bonds is 5. The van der Waals surface area contributed by atoms with Crippen molar-refractivity contribution >= 4 is 17.3 Å². The van der Waals surface area contributed by atoms with Crippen molar-refractivity contribution in [3.05, 3.63) is 42.2 Å². The number of hydrogen-bond donors (Lipinski definition) is 1. The standard InChI is InChI=1S/C16H20N4/c1-3-20(13-7-5-4-6-8-13)15-11-14(17-2)18-16(19-15)12-9-10-12/h4-8,11-12H,3,9-10H2,1-2H3,(H,17,18,19). The Morgan fingerprint density at radius 2 is 1.95 bits per heavy atom. The van der Waals surface area contributed by atoms with E-state index >= 15 is 0 Å². The zero-order valence-corrected chi connectivity index (χ0v) is 12.0. The molecule has 1 heterocycles. The summed E-state index contributed by atoms with van der Waals surface area (Å²) in [4.78, 5) is 11.6. The fraction of sp³-hybridized carbons (Fsp3) is 0.375. The van der Waals surface area contributed by atoms with Crippen molar-refractivity contribution in [3.63, 3.8) is 0 Å². The molecule has 1 aliphatic rings. The second-order valence-electron chi connectivity index (χ2n) is 5.07. The Kier molecular flexibility index (Phi) is 3.54. The maximum absolute atomic E-state index is 4.77. The van der Waals surface area contributed by atoms with Crippen LogP contribution in [0.4, 0.5) is 17.3 Å². The largest absolute Gasteiger partial charge is 0.373 e. The van der Waals surface area contributed by atoms with Crippen molar-refractivity contribution < 1.29 is 0 Å². The lowest BCUT2D eigenvalue weighted by Gasteiger charge is -2.23. The minimum atomic E-state index is 0.552. The van der Waals surface area contributed by atoms with Crippen LogP contribution in [0.25, 0.3) is 0 Å². The van der Waals surface area contributed by atoms with Gasteiger partial charge in [-0.15, -0.1) is 0 Å². The molecule has 0 spiro atoms. The quantitative estimate of drug-likeness (QED) is 0.900. The molecule has 20 heavy (non-hydrogen) atoms. The Balaban J connectivity index is 2.00. The molecule has 3 rings (SSSR count). The van der Waals surface area contributed by atoms with Gasteiger partial charge in [-0.3, -0.25) is 0 Å². The van der Waals surface area contributed by atoms with Gasteiger partial charge in [0.05, 0.1) is 0 Å². The predicted molar refractivity (Wildman–Crippen MR) is 82.7 cm³/mol. The van der Waals surface area contributed by atoms with Crippen LogP contribution in [0.2, 0.25) is 0 Å². The van der Waals surface area contributed by atoms with Gasteiger partial charge >= 0.3 is 0 Å². The van der Waals surface area contributed by atoms with Gasteiger partial charge in [0.2, 0.25) is 0 Å². The molecule has 0 atom stereocenters. The van der Waals surface area contributed by atoms with Crippen LogP contribution in [-0.2, 0) is 0 Å². The van der Waals surface area contributed by atoms with Gasteiger partial charge in [-0.25, -0.2) is 9.97 Å². The number of anilines is 3. The van der Waals surface area contributed by atoms with E-state index in [1.165, 1.54) is 12.8 Å². The highest BCUT2D eigenvalue weighted by Gasteiger charge is 2.28. The van der Waals surface area contributed by atoms with Crippen LogP contribution in [0, 0.1) is 0 Å². The third kappa shape index (κ3) is 2.59. The van der Waals surface area contributed by atoms with Gasteiger partial charge in [-0.05, 0) is 31.9 Å². The molecular weight excluding hydrogens is 248 g/mol. The molecule has 0 bridgehead atoms. The summed E-state index contributed by atoms with van der Waals surface area (Å²) in [6.07, 6.45) is 2.42. The third-order valence-corrected chi connectivity index (χ3v) is 3.59. The summed E-state index contributed by atoms with van der Waals surface area (Å²) in [5.41, 5.74) is 1.16. The molecule has 0 saturated heterocycles. The number of para-hydroxylation sites is 1. The van der Waals surface area contributed by atoms with Crippen molar-refractivity contribution in [2.45, 2.75) is 25.7 Å². The summed E-state index contributed by atoms with van der Waals surface area (Å²) in [5.74, 6) is 3.39. The van der Waals surface area contributed by atoms with E-state index in [9.17, 15) is 0 Å². The summed E-state index contributed by atoms with van der Waals surface area (Å²) in [7, 11) is 1.90. The van der Waals surface area contributed by atoms with Crippen molar-refractivity contribution in [3.8, 4) is 0 Å². The van der Waals surface area contributed by atoms with E-state index < -0.39 is 0 Å². The molecule has 0 aliphatic heterocycles. The SMILES string of the molecule is CCN(c1ccccc1)c1cc(NC)nc(C2CC2)n1. The maximum atomic E-state index is 4.77. The van der Waals surface area contributed by atoms with Crippen LogP contribution >= 0.6 is 0 Å². The molecule has 1 fully saturated rings. The van der Waals surface area contributed by atoms with Gasteiger partial charge in [0.15, 0.2) is 0 Å². The van der Waals surface area contributed by atoms with Crippen molar-refractivity contribution in [2.24, 2.45) is 0 Å². The first-order valence-electron chi connectivity index (χ1n) is 7.21. The van der Waals surface area contributed by atoms with Crippen molar-refractivity contribution in [1.29, 1.82) is 0 Å². The van der Waals surface area contributed by atoms with Gasteiger partial charge < -0.3 is 10.2 Å². The smallest absolute Gasteiger partial charge is 0.138 e. The van der Waals surface area contributed by atoms with Crippen LogP contribution in [0.5, 0.6) is 0 Å². The first kappa shape index (κ1) is 12.9. The van der Waals surface area contributed by atoms with E-state index in [0.717, 1.165) is 29.7 Å². The van der Waals surface area contributed by atoms with E-state index in [1.54, 1.807) is 0 Å². The van der Waals surface area contributed by atoms with Gasteiger partial charge in [0.1, 0.15) is 17.5 Å². The normalized spacial score (nSPS) is 14.1. The molecule has 2 aromatic rings. The molecule has 1 aromatic carbocycles. The molecule has 0 radical (unpaired) electrons.